The summed E-state index contributed by atoms with van der Waals surface area (Å²) in [6.45, 7) is 0. The van der Waals surface area contributed by atoms with Gasteiger partial charge in [0.25, 0.3) is 5.89 Å². The molecule has 0 aliphatic heterocycles. The van der Waals surface area contributed by atoms with Gasteiger partial charge in [-0.1, -0.05) is 6.07 Å². The van der Waals surface area contributed by atoms with Crippen LogP contribution in [0.4, 0.5) is 17.6 Å². The second kappa shape index (κ2) is 5.35. The van der Waals surface area contributed by atoms with E-state index in [1.807, 2.05) is 0 Å². The highest BCUT2D eigenvalue weighted by molar-refractivity contribution is 5.84. The number of alkyl halides is 3. The first-order valence-corrected chi connectivity index (χ1v) is 5.39. The van der Waals surface area contributed by atoms with Gasteiger partial charge in [-0.2, -0.15) is 13.2 Å². The largest absolute Gasteiger partial charge is 0.478 e. The molecule has 1 aromatic heterocycles. The van der Waals surface area contributed by atoms with E-state index in [-0.39, 0.29) is 5.89 Å². The Labute approximate surface area is 114 Å². The second-order valence-corrected chi connectivity index (χ2v) is 3.78. The van der Waals surface area contributed by atoms with Gasteiger partial charge >= 0.3 is 12.1 Å². The number of hydrogen-bond donors (Lipinski definition) is 1. The van der Waals surface area contributed by atoms with Crippen molar-refractivity contribution in [2.45, 2.75) is 6.18 Å². The minimum absolute atomic E-state index is 0.274. The van der Waals surface area contributed by atoms with Crippen molar-refractivity contribution in [3.05, 3.63) is 41.5 Å². The molecule has 5 nitrogen and oxygen atoms in total. The van der Waals surface area contributed by atoms with Crippen LogP contribution in [0.5, 0.6) is 0 Å². The Morgan fingerprint density at radius 2 is 2.00 bits per heavy atom. The van der Waals surface area contributed by atoms with Gasteiger partial charge in [0.15, 0.2) is 0 Å². The Bertz CT molecular complexity index is 707. The molecule has 0 saturated carbocycles. The summed E-state index contributed by atoms with van der Waals surface area (Å²) in [5, 5.41) is 15.2. The second-order valence-electron chi connectivity index (χ2n) is 3.78. The van der Waals surface area contributed by atoms with Crippen LogP contribution in [0.15, 0.2) is 28.7 Å². The van der Waals surface area contributed by atoms with Crippen molar-refractivity contribution in [3.63, 3.8) is 0 Å². The van der Waals surface area contributed by atoms with Gasteiger partial charge in [-0.15, -0.1) is 10.2 Å². The third-order valence-electron chi connectivity index (χ3n) is 2.34. The normalized spacial score (nSPS) is 12.0. The zero-order chi connectivity index (χ0) is 15.6. The van der Waals surface area contributed by atoms with Crippen LogP contribution in [0.3, 0.4) is 0 Å². The smallest absolute Gasteiger partial charge is 0.419 e. The molecule has 1 N–H and O–H groups in total. The maximum atomic E-state index is 13.8. The van der Waals surface area contributed by atoms with E-state index in [1.54, 1.807) is 0 Å². The molecular formula is C12H6F4N2O3. The number of halogens is 4. The predicted molar refractivity (Wildman–Crippen MR) is 61.4 cm³/mol. The minimum atomic E-state index is -4.86. The third kappa shape index (κ3) is 3.25. The Morgan fingerprint density at radius 1 is 1.29 bits per heavy atom. The predicted octanol–water partition coefficient (Wildman–Crippen LogP) is 2.99. The van der Waals surface area contributed by atoms with Crippen LogP contribution < -0.4 is 0 Å². The SMILES string of the molecule is O=C(O)/C=C/c1nnc(-c2cccc(C(F)(F)F)c2F)o1. The minimum Gasteiger partial charge on any atom is -0.478 e. The Balaban J connectivity index is 2.42. The molecule has 0 bridgehead atoms. The fraction of sp³-hybridized carbons (Fsp3) is 0.0833. The fourth-order valence-electron chi connectivity index (χ4n) is 1.47. The molecular weight excluding hydrogens is 296 g/mol. The maximum Gasteiger partial charge on any atom is 0.419 e. The first-order chi connectivity index (χ1) is 9.79. The lowest BCUT2D eigenvalue weighted by molar-refractivity contribution is -0.140. The first-order valence-electron chi connectivity index (χ1n) is 5.39. The van der Waals surface area contributed by atoms with E-state index in [0.29, 0.717) is 12.1 Å². The van der Waals surface area contributed by atoms with Crippen molar-refractivity contribution < 1.29 is 31.9 Å². The van der Waals surface area contributed by atoms with Gasteiger partial charge in [0.2, 0.25) is 5.89 Å². The van der Waals surface area contributed by atoms with E-state index in [4.69, 9.17) is 9.52 Å². The molecule has 0 radical (unpaired) electrons. The van der Waals surface area contributed by atoms with E-state index in [0.717, 1.165) is 18.2 Å². The average molecular weight is 302 g/mol. The van der Waals surface area contributed by atoms with Crippen LogP contribution in [-0.2, 0) is 11.0 Å². The van der Waals surface area contributed by atoms with Crippen molar-refractivity contribution in [1.29, 1.82) is 0 Å². The fourth-order valence-corrected chi connectivity index (χ4v) is 1.47. The van der Waals surface area contributed by atoms with Gasteiger partial charge in [0.05, 0.1) is 11.1 Å². The highest BCUT2D eigenvalue weighted by Crippen LogP contribution is 2.35. The summed E-state index contributed by atoms with van der Waals surface area (Å²) in [6, 6.07) is 2.63. The number of rotatable bonds is 3. The summed E-state index contributed by atoms with van der Waals surface area (Å²) >= 11 is 0. The molecule has 1 heterocycles. The molecule has 0 aliphatic carbocycles. The Kier molecular flexibility index (Phi) is 3.74. The molecule has 0 unspecified atom stereocenters. The number of aliphatic carboxylic acids is 1. The van der Waals surface area contributed by atoms with Gasteiger partial charge in [-0.25, -0.2) is 9.18 Å². The molecule has 0 fully saturated rings. The van der Waals surface area contributed by atoms with Crippen LogP contribution in [0.2, 0.25) is 0 Å². The van der Waals surface area contributed by atoms with Gasteiger partial charge in [0.1, 0.15) is 5.82 Å². The van der Waals surface area contributed by atoms with Crippen molar-refractivity contribution in [3.8, 4) is 11.5 Å². The van der Waals surface area contributed by atoms with Crippen molar-refractivity contribution in [2.75, 3.05) is 0 Å². The Hall–Kier alpha value is -2.71. The molecule has 0 spiro atoms. The van der Waals surface area contributed by atoms with E-state index < -0.39 is 35.0 Å². The topological polar surface area (TPSA) is 76.2 Å². The van der Waals surface area contributed by atoms with Crippen LogP contribution in [-0.4, -0.2) is 21.3 Å². The maximum absolute atomic E-state index is 13.8. The average Bonchev–Trinajstić information content (AvgIpc) is 2.83. The third-order valence-corrected chi connectivity index (χ3v) is 2.34. The van der Waals surface area contributed by atoms with Gasteiger partial charge in [0, 0.05) is 12.2 Å². The summed E-state index contributed by atoms with van der Waals surface area (Å²) in [5.41, 5.74) is -1.98. The summed E-state index contributed by atoms with van der Waals surface area (Å²) in [4.78, 5) is 10.3. The van der Waals surface area contributed by atoms with Gasteiger partial charge in [-0.05, 0) is 12.1 Å². The number of carboxylic acids is 1. The lowest BCUT2D eigenvalue weighted by Crippen LogP contribution is -2.08. The van der Waals surface area contributed by atoms with Crippen molar-refractivity contribution in [1.82, 2.24) is 10.2 Å². The molecule has 1 aromatic carbocycles. The number of nitrogens with zero attached hydrogens (tertiary/aromatic N) is 2. The summed E-state index contributed by atoms with van der Waals surface area (Å²) in [6.07, 6.45) is -3.23. The van der Waals surface area contributed by atoms with E-state index >= 15 is 0 Å². The summed E-state index contributed by atoms with van der Waals surface area (Å²) < 4.78 is 56.4. The zero-order valence-corrected chi connectivity index (χ0v) is 10.1. The molecule has 2 rings (SSSR count). The van der Waals surface area contributed by atoms with E-state index in [2.05, 4.69) is 10.2 Å². The number of benzene rings is 1. The van der Waals surface area contributed by atoms with Crippen LogP contribution in [0.1, 0.15) is 11.5 Å². The molecule has 2 aromatic rings. The highest BCUT2D eigenvalue weighted by atomic mass is 19.4. The molecule has 0 atom stereocenters. The molecule has 21 heavy (non-hydrogen) atoms. The number of aromatic nitrogens is 2. The summed E-state index contributed by atoms with van der Waals surface area (Å²) in [7, 11) is 0. The summed E-state index contributed by atoms with van der Waals surface area (Å²) in [5.74, 6) is -3.57. The first kappa shape index (κ1) is 14.7. The number of carbonyl (C=O) groups is 1. The zero-order valence-electron chi connectivity index (χ0n) is 10.1. The molecule has 0 amide bonds. The lowest BCUT2D eigenvalue weighted by atomic mass is 10.1. The molecule has 110 valence electrons. The van der Waals surface area contributed by atoms with Crippen LogP contribution in [0.25, 0.3) is 17.5 Å². The number of hydrogen-bond acceptors (Lipinski definition) is 4. The Morgan fingerprint density at radius 3 is 2.62 bits per heavy atom. The number of carboxylic acid groups (broad SMARTS) is 1. The van der Waals surface area contributed by atoms with Crippen LogP contribution in [0, 0.1) is 5.82 Å². The molecule has 0 aliphatic rings. The molecule has 0 saturated heterocycles. The van der Waals surface area contributed by atoms with E-state index in [1.165, 1.54) is 0 Å². The monoisotopic (exact) mass is 302 g/mol. The van der Waals surface area contributed by atoms with Gasteiger partial charge < -0.3 is 9.52 Å². The van der Waals surface area contributed by atoms with Crippen molar-refractivity contribution >= 4 is 12.0 Å². The lowest BCUT2D eigenvalue weighted by Gasteiger charge is -2.08. The van der Waals surface area contributed by atoms with Gasteiger partial charge in [-0.3, -0.25) is 0 Å². The highest BCUT2D eigenvalue weighted by Gasteiger charge is 2.35. The van der Waals surface area contributed by atoms with Crippen molar-refractivity contribution in [2.24, 2.45) is 0 Å². The van der Waals surface area contributed by atoms with E-state index in [9.17, 15) is 22.4 Å². The quantitative estimate of drug-likeness (QED) is 0.696. The molecule has 9 heteroatoms. The standard InChI is InChI=1S/C12H6F4N2O3/c13-10-6(2-1-3-7(10)12(14,15)16)11-18-17-8(21-11)4-5-9(19)20/h1-5H,(H,19,20)/b5-4+. The van der Waals surface area contributed by atoms with Crippen LogP contribution >= 0.6 is 0 Å².